The molecule has 1 amide bonds. The lowest BCUT2D eigenvalue weighted by atomic mass is 10.1. The number of pyridine rings is 2. The highest BCUT2D eigenvalue weighted by molar-refractivity contribution is 8.14. The summed E-state index contributed by atoms with van der Waals surface area (Å²) in [4.78, 5) is 23.1. The second-order valence-electron chi connectivity index (χ2n) is 9.14. The summed E-state index contributed by atoms with van der Waals surface area (Å²) in [5, 5.41) is 10.6. The molecule has 2 aromatic heterocycles. The van der Waals surface area contributed by atoms with E-state index in [0.717, 1.165) is 48.4 Å². The molecule has 2 unspecified atom stereocenters. The molecule has 4 rings (SSSR count). The van der Waals surface area contributed by atoms with Gasteiger partial charge < -0.3 is 14.7 Å². The number of hydrogen-bond donors (Lipinski definition) is 1. The lowest BCUT2D eigenvalue weighted by molar-refractivity contribution is 0.0467. The average molecular weight is 506 g/mol. The number of nitrogens with zero attached hydrogens (tertiary/aromatic N) is 3. The van der Waals surface area contributed by atoms with Gasteiger partial charge in [-0.1, -0.05) is 56.3 Å². The minimum absolute atomic E-state index is 0.0735. The number of benzene rings is 1. The molecule has 0 saturated carbocycles. The van der Waals surface area contributed by atoms with Gasteiger partial charge in [-0.25, -0.2) is 0 Å². The Kier molecular flexibility index (Phi) is 9.36. The Morgan fingerprint density at radius 1 is 0.889 bits per heavy atom. The summed E-state index contributed by atoms with van der Waals surface area (Å²) in [7, 11) is 0. The molecule has 190 valence electrons. The summed E-state index contributed by atoms with van der Waals surface area (Å²) >= 11 is 1.22. The molecule has 1 fully saturated rings. The van der Waals surface area contributed by atoms with Crippen LogP contribution in [0, 0.1) is 0 Å². The molecule has 1 aliphatic heterocycles. The SMILES string of the molecule is CCCc1ccc(CCN2C(=O)SC(Cc3ccc(OCCc4ccc(CC)cn4)cc3)C2O)nc1. The van der Waals surface area contributed by atoms with Gasteiger partial charge in [0, 0.05) is 43.2 Å². The number of aryl methyl sites for hydroxylation is 2. The summed E-state index contributed by atoms with van der Waals surface area (Å²) in [5.74, 6) is 0.804. The van der Waals surface area contributed by atoms with Crippen LogP contribution in [0.1, 0.15) is 48.3 Å². The predicted molar refractivity (Wildman–Crippen MR) is 144 cm³/mol. The van der Waals surface area contributed by atoms with E-state index in [0.29, 0.717) is 26.0 Å². The molecule has 0 bridgehead atoms. The molecular formula is C29H35N3O3S. The van der Waals surface area contributed by atoms with E-state index < -0.39 is 6.23 Å². The number of aliphatic hydroxyl groups excluding tert-OH is 1. The molecule has 1 aromatic carbocycles. The number of carbonyl (C=O) groups is 1. The highest BCUT2D eigenvalue weighted by atomic mass is 32.2. The fraction of sp³-hybridized carbons (Fsp3) is 0.414. The normalized spacial score (nSPS) is 17.5. The number of thioether (sulfide) groups is 1. The lowest BCUT2D eigenvalue weighted by Gasteiger charge is -2.22. The fourth-order valence-corrected chi connectivity index (χ4v) is 5.39. The van der Waals surface area contributed by atoms with Crippen LogP contribution in [-0.2, 0) is 32.1 Å². The van der Waals surface area contributed by atoms with Gasteiger partial charge in [0.2, 0.25) is 0 Å². The smallest absolute Gasteiger partial charge is 0.284 e. The number of amides is 1. The molecule has 6 nitrogen and oxygen atoms in total. The average Bonchev–Trinajstić information content (AvgIpc) is 3.17. The summed E-state index contributed by atoms with van der Waals surface area (Å²) < 4.78 is 5.88. The molecule has 3 heterocycles. The van der Waals surface area contributed by atoms with Crippen molar-refractivity contribution in [2.45, 2.75) is 63.9 Å². The molecule has 0 radical (unpaired) electrons. The molecule has 36 heavy (non-hydrogen) atoms. The van der Waals surface area contributed by atoms with Crippen LogP contribution in [0.5, 0.6) is 5.75 Å². The van der Waals surface area contributed by atoms with Crippen molar-refractivity contribution < 1.29 is 14.6 Å². The molecule has 0 spiro atoms. The third-order valence-electron chi connectivity index (χ3n) is 6.45. The highest BCUT2D eigenvalue weighted by Gasteiger charge is 2.39. The monoisotopic (exact) mass is 505 g/mol. The van der Waals surface area contributed by atoms with Crippen LogP contribution in [-0.4, -0.2) is 49.8 Å². The molecular weight excluding hydrogens is 470 g/mol. The number of aliphatic hydroxyl groups is 1. The van der Waals surface area contributed by atoms with E-state index >= 15 is 0 Å². The number of rotatable bonds is 12. The van der Waals surface area contributed by atoms with Crippen molar-refractivity contribution in [2.24, 2.45) is 0 Å². The molecule has 2 atom stereocenters. The van der Waals surface area contributed by atoms with Crippen molar-refractivity contribution in [1.29, 1.82) is 0 Å². The first-order valence-corrected chi connectivity index (χ1v) is 13.7. The Hall–Kier alpha value is -2.90. The molecule has 3 aromatic rings. The number of aromatic nitrogens is 2. The van der Waals surface area contributed by atoms with Crippen molar-refractivity contribution >= 4 is 17.0 Å². The first-order chi connectivity index (χ1) is 17.6. The van der Waals surface area contributed by atoms with Crippen LogP contribution < -0.4 is 4.74 Å². The quantitative estimate of drug-likeness (QED) is 0.362. The van der Waals surface area contributed by atoms with E-state index in [2.05, 4.69) is 42.0 Å². The van der Waals surface area contributed by atoms with Gasteiger partial charge in [0.25, 0.3) is 5.24 Å². The van der Waals surface area contributed by atoms with Crippen LogP contribution in [0.3, 0.4) is 0 Å². The van der Waals surface area contributed by atoms with E-state index in [1.807, 2.05) is 42.7 Å². The van der Waals surface area contributed by atoms with E-state index in [1.54, 1.807) is 4.90 Å². The molecule has 7 heteroatoms. The zero-order chi connectivity index (χ0) is 25.3. The third-order valence-corrected chi connectivity index (χ3v) is 7.60. The number of ether oxygens (including phenoxy) is 1. The summed E-state index contributed by atoms with van der Waals surface area (Å²) in [6.07, 6.45) is 8.14. The Labute approximate surface area is 218 Å². The maximum absolute atomic E-state index is 12.6. The van der Waals surface area contributed by atoms with Crippen molar-refractivity contribution in [3.8, 4) is 5.75 Å². The lowest BCUT2D eigenvalue weighted by Crippen LogP contribution is -2.38. The Morgan fingerprint density at radius 2 is 1.56 bits per heavy atom. The molecule has 0 aliphatic carbocycles. The van der Waals surface area contributed by atoms with Crippen LogP contribution >= 0.6 is 11.8 Å². The van der Waals surface area contributed by atoms with Gasteiger partial charge in [-0.05, 0) is 60.2 Å². The first-order valence-electron chi connectivity index (χ1n) is 12.8. The van der Waals surface area contributed by atoms with Gasteiger partial charge in [0.05, 0.1) is 11.9 Å². The predicted octanol–water partition coefficient (Wildman–Crippen LogP) is 5.25. The van der Waals surface area contributed by atoms with Crippen molar-refractivity contribution in [2.75, 3.05) is 13.2 Å². The first kappa shape index (κ1) is 26.2. The van der Waals surface area contributed by atoms with Crippen LogP contribution in [0.25, 0.3) is 0 Å². The molecule has 1 saturated heterocycles. The largest absolute Gasteiger partial charge is 0.493 e. The summed E-state index contributed by atoms with van der Waals surface area (Å²) in [5.41, 5.74) is 5.49. The second-order valence-corrected chi connectivity index (χ2v) is 10.3. The second kappa shape index (κ2) is 12.9. The highest BCUT2D eigenvalue weighted by Crippen LogP contribution is 2.33. The zero-order valence-corrected chi connectivity index (χ0v) is 21.9. The maximum atomic E-state index is 12.6. The van der Waals surface area contributed by atoms with Gasteiger partial charge >= 0.3 is 0 Å². The van der Waals surface area contributed by atoms with E-state index in [1.165, 1.54) is 22.9 Å². The number of carbonyl (C=O) groups excluding carboxylic acids is 1. The van der Waals surface area contributed by atoms with E-state index in [-0.39, 0.29) is 10.5 Å². The zero-order valence-electron chi connectivity index (χ0n) is 21.1. The van der Waals surface area contributed by atoms with Gasteiger partial charge in [-0.2, -0.15) is 0 Å². The van der Waals surface area contributed by atoms with Crippen LogP contribution in [0.4, 0.5) is 4.79 Å². The fourth-order valence-electron chi connectivity index (χ4n) is 4.25. The maximum Gasteiger partial charge on any atom is 0.284 e. The van der Waals surface area contributed by atoms with E-state index in [9.17, 15) is 9.90 Å². The Bertz CT molecular complexity index is 1100. The molecule has 1 aliphatic rings. The summed E-state index contributed by atoms with van der Waals surface area (Å²) in [6.45, 7) is 5.30. The standard InChI is InChI=1S/C29H35N3O3S/c1-3-5-23-7-11-24(31-20-23)14-16-32-28(33)27(36-29(32)34)18-22-8-12-26(13-9-22)35-17-15-25-10-6-21(4-2)19-30-25/h6-13,19-20,27-28,33H,3-5,14-18H2,1-2H3. The van der Waals surface area contributed by atoms with Gasteiger partial charge in [0.15, 0.2) is 0 Å². The molecule has 1 N–H and O–H groups in total. The Balaban J connectivity index is 1.23. The minimum atomic E-state index is -0.801. The third kappa shape index (κ3) is 7.08. The summed E-state index contributed by atoms with van der Waals surface area (Å²) in [6, 6.07) is 16.2. The van der Waals surface area contributed by atoms with Gasteiger partial charge in [0.1, 0.15) is 12.0 Å². The minimum Gasteiger partial charge on any atom is -0.493 e. The van der Waals surface area contributed by atoms with Gasteiger partial charge in [-0.3, -0.25) is 14.8 Å². The van der Waals surface area contributed by atoms with Crippen LogP contribution in [0.2, 0.25) is 0 Å². The van der Waals surface area contributed by atoms with E-state index in [4.69, 9.17) is 4.74 Å². The van der Waals surface area contributed by atoms with Crippen molar-refractivity contribution in [3.63, 3.8) is 0 Å². The number of hydrogen-bond acceptors (Lipinski definition) is 6. The van der Waals surface area contributed by atoms with Crippen molar-refractivity contribution in [1.82, 2.24) is 14.9 Å². The van der Waals surface area contributed by atoms with Crippen LogP contribution in [0.15, 0.2) is 60.9 Å². The topological polar surface area (TPSA) is 75.6 Å². The Morgan fingerprint density at radius 3 is 2.19 bits per heavy atom. The van der Waals surface area contributed by atoms with Crippen molar-refractivity contribution in [3.05, 3.63) is 89.0 Å². The van der Waals surface area contributed by atoms with Gasteiger partial charge in [-0.15, -0.1) is 0 Å².